The number of hydrogen-bond acceptors (Lipinski definition) is 9. The van der Waals surface area contributed by atoms with Crippen molar-refractivity contribution in [2.45, 2.75) is 73.6 Å². The van der Waals surface area contributed by atoms with Crippen molar-refractivity contribution < 1.29 is 14.6 Å². The van der Waals surface area contributed by atoms with Gasteiger partial charge in [0.1, 0.15) is 17.3 Å². The van der Waals surface area contributed by atoms with Crippen LogP contribution in [0.1, 0.15) is 51.1 Å². The Labute approximate surface area is 198 Å². The van der Waals surface area contributed by atoms with Crippen LogP contribution in [0.3, 0.4) is 0 Å². The van der Waals surface area contributed by atoms with Gasteiger partial charge in [0.15, 0.2) is 17.4 Å². The summed E-state index contributed by atoms with van der Waals surface area (Å²) in [6.45, 7) is 5.41. The predicted octanol–water partition coefficient (Wildman–Crippen LogP) is 3.64. The van der Waals surface area contributed by atoms with Crippen LogP contribution in [0.2, 0.25) is 0 Å². The molecule has 2 N–H and O–H groups in total. The van der Waals surface area contributed by atoms with E-state index < -0.39 is 0 Å². The Morgan fingerprint density at radius 2 is 2.06 bits per heavy atom. The van der Waals surface area contributed by atoms with Crippen molar-refractivity contribution in [1.29, 1.82) is 0 Å². The normalized spacial score (nSPS) is 24.8. The number of anilines is 2. The molecule has 1 saturated carbocycles. The van der Waals surface area contributed by atoms with Gasteiger partial charge in [-0.25, -0.2) is 15.0 Å². The van der Waals surface area contributed by atoms with Crippen LogP contribution in [0.4, 0.5) is 11.6 Å². The summed E-state index contributed by atoms with van der Waals surface area (Å²) in [6, 6.07) is 1.95. The zero-order valence-electron chi connectivity index (χ0n) is 19.0. The van der Waals surface area contributed by atoms with Crippen molar-refractivity contribution in [2.75, 3.05) is 36.5 Å². The molecule has 1 aliphatic carbocycles. The van der Waals surface area contributed by atoms with Gasteiger partial charge in [0, 0.05) is 19.3 Å². The summed E-state index contributed by atoms with van der Waals surface area (Å²) < 4.78 is 12.0. The maximum atomic E-state index is 10.1. The molecule has 176 valence electrons. The van der Waals surface area contributed by atoms with E-state index in [1.807, 2.05) is 6.07 Å². The predicted molar refractivity (Wildman–Crippen MR) is 126 cm³/mol. The van der Waals surface area contributed by atoms with E-state index in [0.29, 0.717) is 23.8 Å². The summed E-state index contributed by atoms with van der Waals surface area (Å²) in [5, 5.41) is 14.4. The summed E-state index contributed by atoms with van der Waals surface area (Å²) in [4.78, 5) is 17.2. The average Bonchev–Trinajstić information content (AvgIpc) is 3.18. The Morgan fingerprint density at radius 3 is 2.76 bits per heavy atom. The van der Waals surface area contributed by atoms with Gasteiger partial charge in [-0.3, -0.25) is 0 Å². The molecule has 2 aromatic rings. The molecule has 0 unspecified atom stereocenters. The van der Waals surface area contributed by atoms with Crippen LogP contribution in [0, 0.1) is 5.41 Å². The van der Waals surface area contributed by atoms with Gasteiger partial charge < -0.3 is 24.8 Å². The van der Waals surface area contributed by atoms with Gasteiger partial charge >= 0.3 is 0 Å². The molecular formula is C24H31N5O3S. The lowest BCUT2D eigenvalue weighted by molar-refractivity contribution is 0.0975. The fourth-order valence-corrected chi connectivity index (χ4v) is 6.50. The molecular weight excluding hydrogens is 438 g/mol. The largest absolute Gasteiger partial charge is 0.486 e. The van der Waals surface area contributed by atoms with Crippen LogP contribution in [-0.2, 0) is 11.3 Å². The van der Waals surface area contributed by atoms with E-state index in [1.165, 1.54) is 18.2 Å². The topological polar surface area (TPSA) is 92.6 Å². The number of fused-ring (bicyclic) bond motifs is 1. The van der Waals surface area contributed by atoms with Crippen LogP contribution in [0.5, 0.6) is 5.75 Å². The van der Waals surface area contributed by atoms with Crippen molar-refractivity contribution in [3.05, 3.63) is 24.2 Å². The van der Waals surface area contributed by atoms with Gasteiger partial charge in [0.05, 0.1) is 35.9 Å². The van der Waals surface area contributed by atoms with Gasteiger partial charge in [-0.2, -0.15) is 0 Å². The van der Waals surface area contributed by atoms with Gasteiger partial charge in [0.25, 0.3) is 0 Å². The van der Waals surface area contributed by atoms with Crippen molar-refractivity contribution in [3.63, 3.8) is 0 Å². The Morgan fingerprint density at radius 1 is 1.21 bits per heavy atom. The highest BCUT2D eigenvalue weighted by atomic mass is 32.2. The fraction of sp³-hybridized carbons (Fsp3) is 0.625. The highest BCUT2D eigenvalue weighted by molar-refractivity contribution is 7.99. The van der Waals surface area contributed by atoms with E-state index >= 15 is 0 Å². The molecule has 2 aromatic heterocycles. The molecule has 0 radical (unpaired) electrons. The molecule has 5 heterocycles. The SMILES string of the molecule is C[C@H]1CC2(CCN(c3ncc(Sc4ccnc5c4OCC4(CCC4)N5)nc3CO)CC2)CO1. The first kappa shape index (κ1) is 21.4. The minimum absolute atomic E-state index is 0.0600. The second-order valence-corrected chi connectivity index (χ2v) is 11.1. The summed E-state index contributed by atoms with van der Waals surface area (Å²) >= 11 is 1.50. The minimum Gasteiger partial charge on any atom is -0.486 e. The molecule has 2 saturated heterocycles. The Bertz CT molecular complexity index is 1040. The van der Waals surface area contributed by atoms with Gasteiger partial charge in [0.2, 0.25) is 0 Å². The number of pyridine rings is 1. The molecule has 0 amide bonds. The van der Waals surface area contributed by atoms with Crippen LogP contribution < -0.4 is 15.0 Å². The zero-order valence-corrected chi connectivity index (χ0v) is 19.9. The molecule has 6 rings (SSSR count). The number of nitrogens with zero attached hydrogens (tertiary/aromatic N) is 4. The number of hydrogen-bond donors (Lipinski definition) is 2. The number of aliphatic hydroxyl groups excluding tert-OH is 1. The Hall–Kier alpha value is -2.10. The molecule has 3 aliphatic heterocycles. The molecule has 3 fully saturated rings. The molecule has 4 aliphatic rings. The first-order valence-corrected chi connectivity index (χ1v) is 12.8. The summed E-state index contributed by atoms with van der Waals surface area (Å²) in [7, 11) is 0. The average molecular weight is 470 g/mol. The summed E-state index contributed by atoms with van der Waals surface area (Å²) in [6.07, 6.45) is 10.8. The molecule has 0 aromatic carbocycles. The molecule has 33 heavy (non-hydrogen) atoms. The van der Waals surface area contributed by atoms with Crippen molar-refractivity contribution in [3.8, 4) is 5.75 Å². The molecule has 8 nitrogen and oxygen atoms in total. The third kappa shape index (κ3) is 3.94. The number of aliphatic hydroxyl groups is 1. The van der Waals surface area contributed by atoms with Crippen molar-refractivity contribution in [1.82, 2.24) is 15.0 Å². The zero-order chi connectivity index (χ0) is 22.5. The van der Waals surface area contributed by atoms with Crippen LogP contribution in [0.15, 0.2) is 28.4 Å². The van der Waals surface area contributed by atoms with Crippen molar-refractivity contribution in [2.24, 2.45) is 5.41 Å². The van der Waals surface area contributed by atoms with Gasteiger partial charge in [-0.15, -0.1) is 0 Å². The van der Waals surface area contributed by atoms with E-state index in [9.17, 15) is 5.11 Å². The monoisotopic (exact) mass is 469 g/mol. The quantitative estimate of drug-likeness (QED) is 0.696. The second kappa shape index (κ2) is 8.29. The summed E-state index contributed by atoms with van der Waals surface area (Å²) in [5.74, 6) is 2.39. The number of aromatic nitrogens is 3. The highest BCUT2D eigenvalue weighted by Gasteiger charge is 2.43. The number of ether oxygens (including phenoxy) is 2. The molecule has 0 bridgehead atoms. The highest BCUT2D eigenvalue weighted by Crippen LogP contribution is 2.46. The van der Waals surface area contributed by atoms with Crippen molar-refractivity contribution >= 4 is 23.4 Å². The lowest BCUT2D eigenvalue weighted by Gasteiger charge is -2.45. The van der Waals surface area contributed by atoms with Gasteiger partial charge in [-0.05, 0) is 56.9 Å². The number of rotatable bonds is 4. The van der Waals surface area contributed by atoms with E-state index in [1.54, 1.807) is 12.4 Å². The molecule has 1 atom stereocenters. The number of piperidine rings is 1. The smallest absolute Gasteiger partial charge is 0.175 e. The minimum atomic E-state index is -0.131. The lowest BCUT2D eigenvalue weighted by Crippen LogP contribution is -2.52. The third-order valence-corrected chi connectivity index (χ3v) is 8.69. The molecule has 9 heteroatoms. The second-order valence-electron chi connectivity index (χ2n) is 10.1. The Kier molecular flexibility index (Phi) is 5.38. The molecule has 2 spiro atoms. The van der Waals surface area contributed by atoms with Crippen LogP contribution >= 0.6 is 11.8 Å². The maximum Gasteiger partial charge on any atom is 0.175 e. The Balaban J connectivity index is 1.18. The van der Waals surface area contributed by atoms with Crippen LogP contribution in [0.25, 0.3) is 0 Å². The fourth-order valence-electron chi connectivity index (χ4n) is 5.63. The van der Waals surface area contributed by atoms with Crippen LogP contribution in [-0.4, -0.2) is 58.0 Å². The standard InChI is InChI=1S/C24H31N5O3S/c1-16-11-23(14-31-16)6-9-29(10-7-23)22-17(13-30)27-19(12-26-22)33-18-3-8-25-21-20(18)32-15-24(28-21)4-2-5-24/h3,8,12,16,30H,2,4-7,9-11,13-15H2,1H3,(H,25,28)/t16-/m0/s1. The van der Waals surface area contributed by atoms with E-state index in [2.05, 4.69) is 22.1 Å². The van der Waals surface area contributed by atoms with E-state index in [4.69, 9.17) is 19.4 Å². The third-order valence-electron chi connectivity index (χ3n) is 7.74. The first-order chi connectivity index (χ1) is 16.1. The first-order valence-electron chi connectivity index (χ1n) is 12.0. The number of nitrogens with one attached hydrogen (secondary N) is 1. The maximum absolute atomic E-state index is 10.1. The summed E-state index contributed by atoms with van der Waals surface area (Å²) in [5.41, 5.74) is 0.998. The van der Waals surface area contributed by atoms with E-state index in [-0.39, 0.29) is 12.1 Å². The van der Waals surface area contributed by atoms with E-state index in [0.717, 1.165) is 79.1 Å². The van der Waals surface area contributed by atoms with Gasteiger partial charge in [-0.1, -0.05) is 11.8 Å². The lowest BCUT2D eigenvalue weighted by atomic mass is 9.77.